The number of aryl methyl sites for hydroxylation is 1. The molecule has 0 bridgehead atoms. The van der Waals surface area contributed by atoms with Crippen molar-refractivity contribution in [2.75, 3.05) is 4.90 Å². The Morgan fingerprint density at radius 2 is 1.65 bits per heavy atom. The van der Waals surface area contributed by atoms with Crippen LogP contribution in [0.2, 0.25) is 0 Å². The van der Waals surface area contributed by atoms with Crippen LogP contribution < -0.4 is 4.90 Å². The predicted octanol–water partition coefficient (Wildman–Crippen LogP) is 3.83. The van der Waals surface area contributed by atoms with Crippen molar-refractivity contribution in [2.45, 2.75) is 19.0 Å². The van der Waals surface area contributed by atoms with Gasteiger partial charge in [-0.05, 0) is 36.2 Å². The van der Waals surface area contributed by atoms with Crippen LogP contribution in [0.3, 0.4) is 0 Å². The highest BCUT2D eigenvalue weighted by Gasteiger charge is 2.33. The van der Waals surface area contributed by atoms with Crippen LogP contribution in [0.25, 0.3) is 0 Å². The van der Waals surface area contributed by atoms with Crippen molar-refractivity contribution in [2.24, 2.45) is 0 Å². The van der Waals surface area contributed by atoms with E-state index in [1.807, 2.05) is 0 Å². The number of alkyl halides is 3. The normalized spacial score (nSPS) is 15.3. The topological polar surface area (TPSA) is 37.4 Å². The average Bonchev–Trinajstić information content (AvgIpc) is 2.64. The van der Waals surface area contributed by atoms with Gasteiger partial charge >= 0.3 is 6.18 Å². The fourth-order valence-electron chi connectivity index (χ4n) is 2.62. The van der Waals surface area contributed by atoms with Gasteiger partial charge < -0.3 is 0 Å². The van der Waals surface area contributed by atoms with Crippen LogP contribution in [0.4, 0.5) is 18.9 Å². The number of fused-ring (bicyclic) bond motifs is 1. The van der Waals surface area contributed by atoms with Gasteiger partial charge in [-0.15, -0.1) is 0 Å². The quantitative estimate of drug-likeness (QED) is 0.749. The molecule has 1 aliphatic rings. The molecule has 1 aliphatic heterocycles. The molecule has 3 nitrogen and oxygen atoms in total. The van der Waals surface area contributed by atoms with Gasteiger partial charge in [0.2, 0.25) is 5.91 Å². The van der Waals surface area contributed by atoms with Crippen LogP contribution >= 0.6 is 0 Å². The van der Waals surface area contributed by atoms with E-state index in [9.17, 15) is 22.8 Å². The molecule has 3 rings (SSSR count). The van der Waals surface area contributed by atoms with E-state index in [0.29, 0.717) is 12.0 Å². The summed E-state index contributed by atoms with van der Waals surface area (Å²) in [6.07, 6.45) is -4.08. The number of carbonyl (C=O) groups excluding carboxylic acids is 2. The molecule has 118 valence electrons. The lowest BCUT2D eigenvalue weighted by Crippen LogP contribution is -2.35. The standard InChI is InChI=1S/C17H12F3NO2/c18-17(19,20)12-5-3-6-13(10-12)21-15(22)9-8-11-4-1-2-7-14(11)16(21)23/h1-7,10H,8-9H2. The molecule has 23 heavy (non-hydrogen) atoms. The summed E-state index contributed by atoms with van der Waals surface area (Å²) in [6, 6.07) is 11.0. The highest BCUT2D eigenvalue weighted by Crippen LogP contribution is 2.33. The maximum atomic E-state index is 12.9. The number of carbonyl (C=O) groups is 2. The minimum atomic E-state index is -4.54. The summed E-state index contributed by atoms with van der Waals surface area (Å²) in [4.78, 5) is 25.7. The highest BCUT2D eigenvalue weighted by molar-refractivity contribution is 6.22. The summed E-state index contributed by atoms with van der Waals surface area (Å²) in [5.74, 6) is -1.10. The lowest BCUT2D eigenvalue weighted by Gasteiger charge is -2.20. The van der Waals surface area contributed by atoms with Crippen LogP contribution in [0.5, 0.6) is 0 Å². The van der Waals surface area contributed by atoms with Gasteiger partial charge in [-0.2, -0.15) is 13.2 Å². The second-order valence-electron chi connectivity index (χ2n) is 5.24. The smallest absolute Gasteiger partial charge is 0.274 e. The predicted molar refractivity (Wildman–Crippen MR) is 78.0 cm³/mol. The molecule has 2 aromatic rings. The summed E-state index contributed by atoms with van der Waals surface area (Å²) in [7, 11) is 0. The molecule has 0 saturated carbocycles. The first-order valence-electron chi connectivity index (χ1n) is 7.00. The SMILES string of the molecule is O=C1CCc2ccccc2C(=O)N1c1cccc(C(F)(F)F)c1. The van der Waals surface area contributed by atoms with Crippen molar-refractivity contribution in [1.29, 1.82) is 0 Å². The van der Waals surface area contributed by atoms with Gasteiger partial charge in [-0.3, -0.25) is 9.59 Å². The molecule has 0 saturated heterocycles. The first kappa shape index (κ1) is 15.3. The summed E-state index contributed by atoms with van der Waals surface area (Å²) in [5, 5.41) is 0. The van der Waals surface area contributed by atoms with Crippen molar-refractivity contribution >= 4 is 17.5 Å². The minimum Gasteiger partial charge on any atom is -0.274 e. The van der Waals surface area contributed by atoms with Gasteiger partial charge in [0.05, 0.1) is 11.3 Å². The minimum absolute atomic E-state index is 0.0634. The van der Waals surface area contributed by atoms with E-state index in [1.165, 1.54) is 12.1 Å². The van der Waals surface area contributed by atoms with Crippen LogP contribution in [-0.4, -0.2) is 11.8 Å². The van der Waals surface area contributed by atoms with Gasteiger partial charge in [0, 0.05) is 12.0 Å². The Labute approximate surface area is 130 Å². The lowest BCUT2D eigenvalue weighted by molar-refractivity contribution is -0.137. The number of rotatable bonds is 1. The van der Waals surface area contributed by atoms with Gasteiger partial charge in [-0.1, -0.05) is 24.3 Å². The fourth-order valence-corrected chi connectivity index (χ4v) is 2.62. The second kappa shape index (κ2) is 5.53. The molecule has 6 heteroatoms. The number of anilines is 1. The Kier molecular flexibility index (Phi) is 3.67. The molecule has 0 unspecified atom stereocenters. The first-order valence-corrected chi connectivity index (χ1v) is 7.00. The van der Waals surface area contributed by atoms with Crippen LogP contribution in [-0.2, 0) is 17.4 Å². The van der Waals surface area contributed by atoms with Crippen molar-refractivity contribution in [3.05, 3.63) is 65.2 Å². The molecule has 0 aliphatic carbocycles. The molecule has 0 aromatic heterocycles. The van der Waals surface area contributed by atoms with Crippen molar-refractivity contribution in [3.8, 4) is 0 Å². The highest BCUT2D eigenvalue weighted by atomic mass is 19.4. The summed E-state index contributed by atoms with van der Waals surface area (Å²) in [5.41, 5.74) is 0.107. The number of nitrogens with zero attached hydrogens (tertiary/aromatic N) is 1. The van der Waals surface area contributed by atoms with Gasteiger partial charge in [0.1, 0.15) is 0 Å². The van der Waals surface area contributed by atoms with Crippen LogP contribution in [0.15, 0.2) is 48.5 Å². The summed E-state index contributed by atoms with van der Waals surface area (Å²) >= 11 is 0. The number of hydrogen-bond donors (Lipinski definition) is 0. The van der Waals surface area contributed by atoms with Crippen LogP contribution in [0, 0.1) is 0 Å². The molecule has 1 heterocycles. The fraction of sp³-hybridized carbons (Fsp3) is 0.176. The van der Waals surface area contributed by atoms with E-state index in [2.05, 4.69) is 0 Å². The molecule has 2 amide bonds. The van der Waals surface area contributed by atoms with E-state index in [-0.39, 0.29) is 12.1 Å². The van der Waals surface area contributed by atoms with Crippen molar-refractivity contribution < 1.29 is 22.8 Å². The Morgan fingerprint density at radius 1 is 0.913 bits per heavy atom. The monoisotopic (exact) mass is 319 g/mol. The summed E-state index contributed by atoms with van der Waals surface area (Å²) in [6.45, 7) is 0. The van der Waals surface area contributed by atoms with E-state index >= 15 is 0 Å². The molecule has 2 aromatic carbocycles. The Hall–Kier alpha value is -2.63. The second-order valence-corrected chi connectivity index (χ2v) is 5.24. The average molecular weight is 319 g/mol. The molecular weight excluding hydrogens is 307 g/mol. The van der Waals surface area contributed by atoms with E-state index < -0.39 is 23.6 Å². The van der Waals surface area contributed by atoms with E-state index in [0.717, 1.165) is 22.6 Å². The number of imide groups is 1. The summed E-state index contributed by atoms with van der Waals surface area (Å²) < 4.78 is 38.6. The maximum absolute atomic E-state index is 12.9. The number of amides is 2. The first-order chi connectivity index (χ1) is 10.9. The van der Waals surface area contributed by atoms with Crippen molar-refractivity contribution in [1.82, 2.24) is 0 Å². The Morgan fingerprint density at radius 3 is 2.39 bits per heavy atom. The number of hydrogen-bond acceptors (Lipinski definition) is 2. The third-order valence-electron chi connectivity index (χ3n) is 3.74. The largest absolute Gasteiger partial charge is 0.416 e. The molecule has 0 radical (unpaired) electrons. The molecule has 0 atom stereocenters. The van der Waals surface area contributed by atoms with Gasteiger partial charge in [0.25, 0.3) is 5.91 Å². The third kappa shape index (κ3) is 2.84. The number of benzene rings is 2. The van der Waals surface area contributed by atoms with Gasteiger partial charge in [-0.25, -0.2) is 4.90 Å². The lowest BCUT2D eigenvalue weighted by atomic mass is 10.0. The Balaban J connectivity index is 2.08. The van der Waals surface area contributed by atoms with Crippen molar-refractivity contribution in [3.63, 3.8) is 0 Å². The maximum Gasteiger partial charge on any atom is 0.416 e. The van der Waals surface area contributed by atoms with E-state index in [4.69, 9.17) is 0 Å². The zero-order valence-electron chi connectivity index (χ0n) is 11.9. The Bertz CT molecular complexity index is 783. The molecule has 0 spiro atoms. The third-order valence-corrected chi connectivity index (χ3v) is 3.74. The molecular formula is C17H12F3NO2. The molecule has 0 fully saturated rings. The molecule has 0 N–H and O–H groups in total. The zero-order valence-corrected chi connectivity index (χ0v) is 11.9. The number of halogens is 3. The van der Waals surface area contributed by atoms with E-state index in [1.54, 1.807) is 24.3 Å². The van der Waals surface area contributed by atoms with Crippen LogP contribution in [0.1, 0.15) is 27.9 Å². The zero-order chi connectivity index (χ0) is 16.6. The van der Waals surface area contributed by atoms with Gasteiger partial charge in [0.15, 0.2) is 0 Å².